The van der Waals surface area contributed by atoms with Gasteiger partial charge in [-0.3, -0.25) is 19.7 Å². The molecule has 0 bridgehead atoms. The first kappa shape index (κ1) is 27.6. The van der Waals surface area contributed by atoms with Crippen molar-refractivity contribution in [1.82, 2.24) is 5.06 Å². The molecule has 9 nitrogen and oxygen atoms in total. The molecule has 3 amide bonds. The monoisotopic (exact) mass is 556 g/mol. The van der Waals surface area contributed by atoms with Crippen molar-refractivity contribution in [3.05, 3.63) is 102 Å². The molecule has 0 aromatic heterocycles. The quantitative estimate of drug-likeness (QED) is 0.200. The first-order valence-corrected chi connectivity index (χ1v) is 13.3. The van der Waals surface area contributed by atoms with Crippen molar-refractivity contribution < 1.29 is 34.9 Å². The molecule has 5 rings (SSSR count). The molecule has 1 N–H and O–H groups in total. The third-order valence-electron chi connectivity index (χ3n) is 6.62. The molecule has 1 fully saturated rings. The Kier molecular flexibility index (Phi) is 7.61. The Hall–Kier alpha value is -4.92. The highest BCUT2D eigenvalue weighted by atomic mass is 16.8. The van der Waals surface area contributed by atoms with Gasteiger partial charge in [-0.2, -0.15) is 0 Å². The molecule has 1 heterocycles. The van der Waals surface area contributed by atoms with Gasteiger partial charge in [0, 0.05) is 25.9 Å². The molecule has 1 aliphatic carbocycles. The van der Waals surface area contributed by atoms with Crippen molar-refractivity contribution in [2.45, 2.75) is 51.2 Å². The summed E-state index contributed by atoms with van der Waals surface area (Å²) in [5, 5.41) is 3.12. The van der Waals surface area contributed by atoms with Crippen molar-refractivity contribution in [2.75, 3.05) is 5.32 Å². The van der Waals surface area contributed by atoms with E-state index in [1.165, 1.54) is 0 Å². The van der Waals surface area contributed by atoms with E-state index in [2.05, 4.69) is 29.6 Å². The van der Waals surface area contributed by atoms with E-state index in [-0.39, 0.29) is 20.2 Å². The normalized spacial score (nSPS) is 15.4. The van der Waals surface area contributed by atoms with Crippen molar-refractivity contribution in [3.8, 4) is 11.1 Å². The van der Waals surface area contributed by atoms with Crippen LogP contribution in [0.2, 0.25) is 0 Å². The van der Waals surface area contributed by atoms with Crippen LogP contribution in [0, 0.1) is 0 Å². The van der Waals surface area contributed by atoms with Gasteiger partial charge in [-0.15, -0.1) is 0 Å². The molecule has 0 radical (unpaired) electrons. The number of hydroxylamine groups is 2. The summed E-state index contributed by atoms with van der Waals surface area (Å²) in [6.07, 6.45) is 0.792. The largest absolute Gasteiger partial charge is 0.534 e. The summed E-state index contributed by atoms with van der Waals surface area (Å²) in [5.74, 6) is -1.32. The maximum absolute atomic E-state index is 12.8. The number of rotatable bonds is 6. The summed E-state index contributed by atoms with van der Waals surface area (Å²) in [4.78, 5) is 54.0. The fourth-order valence-corrected chi connectivity index (χ4v) is 4.90. The van der Waals surface area contributed by atoms with Crippen LogP contribution in [0.25, 0.3) is 11.1 Å². The second-order valence-electron chi connectivity index (χ2n) is 10.8. The van der Waals surface area contributed by atoms with E-state index in [0.29, 0.717) is 16.3 Å². The Morgan fingerprint density at radius 1 is 0.927 bits per heavy atom. The number of imide groups is 1. The van der Waals surface area contributed by atoms with Gasteiger partial charge >= 0.3 is 12.2 Å². The van der Waals surface area contributed by atoms with Crippen molar-refractivity contribution in [3.63, 3.8) is 0 Å². The molecule has 1 saturated heterocycles. The van der Waals surface area contributed by atoms with Crippen LogP contribution in [-0.4, -0.2) is 34.7 Å². The highest BCUT2D eigenvalue weighted by molar-refractivity contribution is 6.01. The lowest BCUT2D eigenvalue weighted by Crippen LogP contribution is -2.32. The molecular formula is C32H32N2O7. The highest BCUT2D eigenvalue weighted by Crippen LogP contribution is 2.45. The van der Waals surface area contributed by atoms with Crippen LogP contribution < -0.4 is 5.32 Å². The van der Waals surface area contributed by atoms with Gasteiger partial charge in [-0.05, 0) is 66.8 Å². The molecule has 212 valence electrons. The highest BCUT2D eigenvalue weighted by Gasteiger charge is 2.34. The molecule has 9 heteroatoms. The standard InChI is InChI=1S/C32H30N2O7.H2/c1-32(2,3)40-30(37)33-21-10-8-9-20(19-21)27(39-31(38)41-34-28(35)17-18-29(34)36)16-15-26-24-13-6-4-11-22(24)23-12-5-7-14-25(23)26;/h4-16,19,26-27H,17-18H2,1-3H3,(H,33,37);1H/b16-15+;. The summed E-state index contributed by atoms with van der Waals surface area (Å²) in [6.45, 7) is 5.29. The van der Waals surface area contributed by atoms with Gasteiger partial charge in [-0.1, -0.05) is 71.8 Å². The first-order chi connectivity index (χ1) is 19.6. The Morgan fingerprint density at radius 2 is 1.54 bits per heavy atom. The second kappa shape index (κ2) is 11.3. The molecule has 3 aromatic carbocycles. The van der Waals surface area contributed by atoms with Crippen molar-refractivity contribution in [2.24, 2.45) is 0 Å². The maximum atomic E-state index is 12.8. The molecule has 3 aromatic rings. The Labute approximate surface area is 239 Å². The van der Waals surface area contributed by atoms with E-state index in [0.717, 1.165) is 22.3 Å². The fourth-order valence-electron chi connectivity index (χ4n) is 4.90. The number of amides is 3. The average Bonchev–Trinajstić information content (AvgIpc) is 3.42. The fraction of sp³-hybridized carbons (Fsp3) is 0.250. The number of ether oxygens (including phenoxy) is 2. The number of hydrogen-bond donors (Lipinski definition) is 1. The summed E-state index contributed by atoms with van der Waals surface area (Å²) < 4.78 is 11.0. The van der Waals surface area contributed by atoms with Gasteiger partial charge in [-0.25, -0.2) is 9.59 Å². The third-order valence-corrected chi connectivity index (χ3v) is 6.62. The molecule has 1 aliphatic heterocycles. The van der Waals surface area contributed by atoms with Gasteiger partial charge in [0.2, 0.25) is 0 Å². The van der Waals surface area contributed by atoms with Crippen LogP contribution in [0.3, 0.4) is 0 Å². The van der Waals surface area contributed by atoms with E-state index in [4.69, 9.17) is 14.3 Å². The van der Waals surface area contributed by atoms with Crippen LogP contribution in [-0.2, 0) is 23.9 Å². The number of fused-ring (bicyclic) bond motifs is 3. The SMILES string of the molecule is CC(C)(C)OC(=O)Nc1cccc(C(/C=C/C2c3ccccc3-c3ccccc32)OC(=O)ON2C(=O)CCC2=O)c1.[HH]. The zero-order valence-corrected chi connectivity index (χ0v) is 23.0. The average molecular weight is 557 g/mol. The van der Waals surface area contributed by atoms with Crippen LogP contribution >= 0.6 is 0 Å². The molecular weight excluding hydrogens is 524 g/mol. The maximum Gasteiger partial charge on any atom is 0.534 e. The minimum Gasteiger partial charge on any atom is -0.444 e. The molecule has 1 unspecified atom stereocenters. The number of nitrogens with zero attached hydrogens (tertiary/aromatic N) is 1. The molecule has 0 saturated carbocycles. The number of nitrogens with one attached hydrogen (secondary N) is 1. The number of hydrogen-bond acceptors (Lipinski definition) is 7. The van der Waals surface area contributed by atoms with Gasteiger partial charge in [0.25, 0.3) is 11.8 Å². The van der Waals surface area contributed by atoms with Crippen molar-refractivity contribution >= 4 is 29.8 Å². The number of allylic oxidation sites excluding steroid dienone is 1. The third kappa shape index (κ3) is 6.30. The first-order valence-electron chi connectivity index (χ1n) is 13.3. The lowest BCUT2D eigenvalue weighted by atomic mass is 9.95. The lowest BCUT2D eigenvalue weighted by Gasteiger charge is -2.20. The van der Waals surface area contributed by atoms with Crippen LogP contribution in [0.5, 0.6) is 0 Å². The Morgan fingerprint density at radius 3 is 2.15 bits per heavy atom. The van der Waals surface area contributed by atoms with E-state index < -0.39 is 35.8 Å². The summed E-state index contributed by atoms with van der Waals surface area (Å²) in [7, 11) is 0. The molecule has 41 heavy (non-hydrogen) atoms. The lowest BCUT2D eigenvalue weighted by molar-refractivity contribution is -0.178. The molecule has 1 atom stereocenters. The minimum atomic E-state index is -1.21. The number of carbonyl (C=O) groups excluding carboxylic acids is 4. The predicted molar refractivity (Wildman–Crippen MR) is 153 cm³/mol. The summed E-state index contributed by atoms with van der Waals surface area (Å²) in [5.41, 5.74) is 4.74. The topological polar surface area (TPSA) is 111 Å². The van der Waals surface area contributed by atoms with E-state index in [9.17, 15) is 19.2 Å². The molecule has 2 aliphatic rings. The minimum absolute atomic E-state index is 0. The van der Waals surface area contributed by atoms with Crippen LogP contribution in [0.1, 0.15) is 63.8 Å². The summed E-state index contributed by atoms with van der Waals surface area (Å²) in [6, 6.07) is 23.0. The number of carbonyl (C=O) groups is 4. The Bertz CT molecular complexity index is 1480. The van der Waals surface area contributed by atoms with E-state index in [1.807, 2.05) is 30.3 Å². The van der Waals surface area contributed by atoms with Gasteiger partial charge in [0.15, 0.2) is 0 Å². The van der Waals surface area contributed by atoms with Crippen LogP contribution in [0.15, 0.2) is 84.9 Å². The summed E-state index contributed by atoms with van der Waals surface area (Å²) >= 11 is 0. The van der Waals surface area contributed by atoms with Gasteiger partial charge in [0.1, 0.15) is 11.7 Å². The zero-order valence-electron chi connectivity index (χ0n) is 23.0. The Balaban J connectivity index is 0.00000405. The van der Waals surface area contributed by atoms with Crippen molar-refractivity contribution in [1.29, 1.82) is 0 Å². The number of benzene rings is 3. The zero-order chi connectivity index (χ0) is 29.1. The second-order valence-corrected chi connectivity index (χ2v) is 10.8. The van der Waals surface area contributed by atoms with Gasteiger partial charge < -0.3 is 9.47 Å². The van der Waals surface area contributed by atoms with Gasteiger partial charge in [0.05, 0.1) is 0 Å². The van der Waals surface area contributed by atoms with E-state index >= 15 is 0 Å². The smallest absolute Gasteiger partial charge is 0.444 e. The predicted octanol–water partition coefficient (Wildman–Crippen LogP) is 6.91. The van der Waals surface area contributed by atoms with E-state index in [1.54, 1.807) is 51.1 Å². The van der Waals surface area contributed by atoms with Crippen LogP contribution in [0.4, 0.5) is 15.3 Å². The number of anilines is 1. The molecule has 0 spiro atoms.